The van der Waals surface area contributed by atoms with Crippen LogP contribution in [0.25, 0.3) is 0 Å². The zero-order chi connectivity index (χ0) is 23.8. The van der Waals surface area contributed by atoms with Crippen molar-refractivity contribution in [2.75, 3.05) is 20.3 Å². The molecule has 0 radical (unpaired) electrons. The number of rotatable bonds is 7. The van der Waals surface area contributed by atoms with Crippen LogP contribution in [0, 0.1) is 5.41 Å². The number of phenolic OH excluding ortho intramolecular Hbond substituents is 1. The van der Waals surface area contributed by atoms with Gasteiger partial charge < -0.3 is 25.2 Å². The van der Waals surface area contributed by atoms with Crippen LogP contribution in [0.1, 0.15) is 65.1 Å². The summed E-state index contributed by atoms with van der Waals surface area (Å²) in [5, 5.41) is 19.0. The first-order valence-electron chi connectivity index (χ1n) is 10.4. The summed E-state index contributed by atoms with van der Waals surface area (Å²) < 4.78 is 10.8. The second-order valence-electron chi connectivity index (χ2n) is 8.76. The highest BCUT2D eigenvalue weighted by molar-refractivity contribution is 6.07. The van der Waals surface area contributed by atoms with Gasteiger partial charge in [0.05, 0.1) is 25.8 Å². The van der Waals surface area contributed by atoms with Crippen molar-refractivity contribution in [3.63, 3.8) is 0 Å². The summed E-state index contributed by atoms with van der Waals surface area (Å²) >= 11 is 0. The fourth-order valence-corrected chi connectivity index (χ4v) is 3.79. The number of fused-ring (bicyclic) bond motifs is 1. The number of hydrogen-bond acceptors (Lipinski definition) is 6. The minimum atomic E-state index is -0.635. The van der Waals surface area contributed by atoms with E-state index in [0.717, 1.165) is 5.56 Å². The van der Waals surface area contributed by atoms with Crippen molar-refractivity contribution in [1.82, 2.24) is 4.90 Å². The van der Waals surface area contributed by atoms with Gasteiger partial charge in [-0.05, 0) is 42.2 Å². The fraction of sp³-hybridized carbons (Fsp3) is 0.375. The second kappa shape index (κ2) is 8.53. The van der Waals surface area contributed by atoms with E-state index < -0.39 is 11.3 Å². The van der Waals surface area contributed by atoms with Crippen LogP contribution in [-0.2, 0) is 12.0 Å². The molecule has 0 unspecified atom stereocenters. The van der Waals surface area contributed by atoms with Crippen LogP contribution in [0.5, 0.6) is 17.2 Å². The second-order valence-corrected chi connectivity index (χ2v) is 8.76. The average Bonchev–Trinajstić information content (AvgIpc) is 3.01. The predicted octanol–water partition coefficient (Wildman–Crippen LogP) is 3.22. The van der Waals surface area contributed by atoms with Gasteiger partial charge in [-0.15, -0.1) is 0 Å². The van der Waals surface area contributed by atoms with Crippen LogP contribution >= 0.6 is 0 Å². The Kier molecular flexibility index (Phi) is 6.16. The van der Waals surface area contributed by atoms with E-state index in [4.69, 9.17) is 20.6 Å². The first kappa shape index (κ1) is 23.1. The number of methoxy groups -OCH3 is 1. The summed E-state index contributed by atoms with van der Waals surface area (Å²) in [6.07, 6.45) is 0. The lowest BCUT2D eigenvalue weighted by molar-refractivity contribution is 0.0960. The third-order valence-corrected chi connectivity index (χ3v) is 5.46. The molecule has 0 spiro atoms. The molecule has 8 nitrogen and oxygen atoms in total. The number of carbonyl (C=O) groups is 2. The summed E-state index contributed by atoms with van der Waals surface area (Å²) in [5.41, 5.74) is 7.62. The minimum absolute atomic E-state index is 0.0142. The maximum absolute atomic E-state index is 13.1. The average molecular weight is 440 g/mol. The minimum Gasteiger partial charge on any atom is -0.504 e. The molecule has 2 aromatic rings. The summed E-state index contributed by atoms with van der Waals surface area (Å²) in [6, 6.07) is 6.44. The van der Waals surface area contributed by atoms with Crippen LogP contribution in [0.3, 0.4) is 0 Å². The molecular weight excluding hydrogens is 410 g/mol. The normalized spacial score (nSPS) is 13.2. The number of nitrogens with two attached hydrogens (primary N) is 1. The zero-order valence-corrected chi connectivity index (χ0v) is 19.0. The molecule has 8 heteroatoms. The Bertz CT molecular complexity index is 1100. The Balaban J connectivity index is 1.90. The summed E-state index contributed by atoms with van der Waals surface area (Å²) in [5.74, 6) is -0.0946. The molecule has 1 amide bonds. The number of ketones is 1. The van der Waals surface area contributed by atoms with Crippen LogP contribution < -0.4 is 15.2 Å². The molecule has 3 rings (SSSR count). The molecule has 0 fully saturated rings. The molecule has 4 N–H and O–H groups in total. The number of aromatic hydroxyl groups is 1. The van der Waals surface area contributed by atoms with Crippen molar-refractivity contribution >= 4 is 17.5 Å². The highest BCUT2D eigenvalue weighted by Crippen LogP contribution is 2.39. The van der Waals surface area contributed by atoms with Crippen molar-refractivity contribution < 1.29 is 24.2 Å². The van der Waals surface area contributed by atoms with E-state index in [1.807, 2.05) is 27.7 Å². The van der Waals surface area contributed by atoms with Gasteiger partial charge in [0.2, 0.25) is 0 Å². The lowest BCUT2D eigenvalue weighted by Gasteiger charge is -2.23. The first-order chi connectivity index (χ1) is 15.0. The van der Waals surface area contributed by atoms with Gasteiger partial charge in [0.15, 0.2) is 17.3 Å². The highest BCUT2D eigenvalue weighted by atomic mass is 16.5. The quantitative estimate of drug-likeness (QED) is 0.569. The van der Waals surface area contributed by atoms with E-state index in [1.54, 1.807) is 23.1 Å². The smallest absolute Gasteiger partial charge is 0.252 e. The van der Waals surface area contributed by atoms with Crippen LogP contribution in [-0.4, -0.2) is 47.8 Å². The van der Waals surface area contributed by atoms with E-state index >= 15 is 0 Å². The molecule has 0 saturated carbocycles. The molecule has 0 atom stereocenters. The lowest BCUT2D eigenvalue weighted by Crippen LogP contribution is -2.30. The number of amides is 1. The molecule has 32 heavy (non-hydrogen) atoms. The van der Waals surface area contributed by atoms with Gasteiger partial charge in [-0.2, -0.15) is 0 Å². The largest absolute Gasteiger partial charge is 0.504 e. The fourth-order valence-electron chi connectivity index (χ4n) is 3.79. The number of benzene rings is 2. The number of phenols is 1. The van der Waals surface area contributed by atoms with Crippen molar-refractivity contribution in [1.29, 1.82) is 5.41 Å². The van der Waals surface area contributed by atoms with Crippen molar-refractivity contribution in [3.8, 4) is 17.2 Å². The number of hydrogen-bond donors (Lipinski definition) is 3. The Hall–Kier alpha value is -3.55. The maximum Gasteiger partial charge on any atom is 0.252 e. The van der Waals surface area contributed by atoms with Gasteiger partial charge in [0.1, 0.15) is 11.6 Å². The Morgan fingerprint density at radius 2 is 1.88 bits per heavy atom. The predicted molar refractivity (Wildman–Crippen MR) is 121 cm³/mol. The summed E-state index contributed by atoms with van der Waals surface area (Å²) in [6.45, 7) is 8.29. The topological polar surface area (TPSA) is 126 Å². The zero-order valence-electron chi connectivity index (χ0n) is 19.0. The van der Waals surface area contributed by atoms with Crippen molar-refractivity contribution in [2.24, 2.45) is 5.73 Å². The van der Waals surface area contributed by atoms with Gasteiger partial charge in [0, 0.05) is 23.2 Å². The van der Waals surface area contributed by atoms with E-state index in [-0.39, 0.29) is 35.2 Å². The summed E-state index contributed by atoms with van der Waals surface area (Å²) in [7, 11) is 1.44. The molecule has 1 heterocycles. The van der Waals surface area contributed by atoms with E-state index in [2.05, 4.69) is 0 Å². The number of carbonyl (C=O) groups excluding carboxylic acids is 2. The van der Waals surface area contributed by atoms with Gasteiger partial charge in [-0.1, -0.05) is 20.8 Å². The first-order valence-corrected chi connectivity index (χ1v) is 10.4. The molecule has 0 saturated heterocycles. The van der Waals surface area contributed by atoms with Crippen LogP contribution in [0.15, 0.2) is 24.3 Å². The molecule has 2 aromatic carbocycles. The number of Topliss-reactive ketones (excluding diaryl/α,β-unsaturated/α-hetero) is 1. The van der Waals surface area contributed by atoms with Gasteiger partial charge in [0.25, 0.3) is 5.91 Å². The Morgan fingerprint density at radius 1 is 1.19 bits per heavy atom. The number of nitrogens with zero attached hydrogens (tertiary/aromatic N) is 1. The highest BCUT2D eigenvalue weighted by Gasteiger charge is 2.30. The van der Waals surface area contributed by atoms with Gasteiger partial charge in [-0.25, -0.2) is 0 Å². The SMILES string of the molecule is CCOc1cc2c(cc1C(N)=O)C(=N)N(CC(=O)c1cc(OC)c(O)c(C(C)(C)C)c1)C2. The monoisotopic (exact) mass is 439 g/mol. The maximum atomic E-state index is 13.1. The van der Waals surface area contributed by atoms with Crippen molar-refractivity contribution in [3.05, 3.63) is 52.1 Å². The molecule has 0 bridgehead atoms. The number of nitrogens with one attached hydrogen (secondary N) is 1. The standard InChI is InChI=1S/C24H29N3O5/c1-6-32-19-9-14-11-27(22(25)15(14)10-16(19)23(26)30)12-18(28)13-7-17(24(2,3)4)21(29)20(8-13)31-5/h7-10,25,29H,6,11-12H2,1-5H3,(H2,26,30). The van der Waals surface area contributed by atoms with Crippen molar-refractivity contribution in [2.45, 2.75) is 39.7 Å². The van der Waals surface area contributed by atoms with E-state index in [1.165, 1.54) is 13.2 Å². The van der Waals surface area contributed by atoms with E-state index in [0.29, 0.717) is 35.6 Å². The van der Waals surface area contributed by atoms with E-state index in [9.17, 15) is 14.7 Å². The lowest BCUT2D eigenvalue weighted by atomic mass is 9.84. The van der Waals surface area contributed by atoms with Gasteiger partial charge in [-0.3, -0.25) is 15.0 Å². The van der Waals surface area contributed by atoms with Gasteiger partial charge >= 0.3 is 0 Å². The summed E-state index contributed by atoms with van der Waals surface area (Å²) in [4.78, 5) is 26.6. The number of primary amides is 1. The molecule has 1 aliphatic rings. The molecular formula is C24H29N3O5. The molecule has 1 aliphatic heterocycles. The van der Waals surface area contributed by atoms with Crippen LogP contribution in [0.4, 0.5) is 0 Å². The van der Waals surface area contributed by atoms with Crippen LogP contribution in [0.2, 0.25) is 0 Å². The molecule has 170 valence electrons. The molecule has 0 aromatic heterocycles. The third kappa shape index (κ3) is 4.26. The number of amidine groups is 1. The Labute approximate surface area is 187 Å². The Morgan fingerprint density at radius 3 is 2.44 bits per heavy atom. The third-order valence-electron chi connectivity index (χ3n) is 5.46. The number of ether oxygens (including phenoxy) is 2. The molecule has 0 aliphatic carbocycles.